The molecule has 4 rings (SSSR count). The molecule has 0 aliphatic carbocycles. The Morgan fingerprint density at radius 3 is 2.68 bits per heavy atom. The maximum absolute atomic E-state index is 13.1. The Labute approximate surface area is 178 Å². The van der Waals surface area contributed by atoms with E-state index in [9.17, 15) is 22.8 Å². The van der Waals surface area contributed by atoms with Gasteiger partial charge in [-0.05, 0) is 45.0 Å². The fourth-order valence-electron chi connectivity index (χ4n) is 3.29. The van der Waals surface area contributed by atoms with Crippen LogP contribution in [0, 0.1) is 13.8 Å². The fourth-order valence-corrected chi connectivity index (χ4v) is 4.10. The number of amides is 2. The molecule has 1 aromatic carbocycles. The van der Waals surface area contributed by atoms with E-state index >= 15 is 0 Å². The third-order valence-electron chi connectivity index (χ3n) is 4.69. The molecule has 3 aromatic rings. The number of anilines is 2. The highest BCUT2D eigenvalue weighted by molar-refractivity contribution is 8.00. The molecule has 0 fully saturated rings. The van der Waals surface area contributed by atoms with Crippen molar-refractivity contribution in [2.75, 3.05) is 16.8 Å². The molecule has 31 heavy (non-hydrogen) atoms. The van der Waals surface area contributed by atoms with Crippen LogP contribution in [0.3, 0.4) is 0 Å². The second kappa shape index (κ2) is 7.52. The third kappa shape index (κ3) is 4.07. The van der Waals surface area contributed by atoms with Gasteiger partial charge in [0, 0.05) is 11.4 Å². The topological polar surface area (TPSA) is 92.5 Å². The van der Waals surface area contributed by atoms with E-state index in [0.717, 1.165) is 35.3 Å². The lowest BCUT2D eigenvalue weighted by atomic mass is 10.1. The molecule has 1 aliphatic heterocycles. The molecule has 1 N–H and O–H groups in total. The summed E-state index contributed by atoms with van der Waals surface area (Å²) < 4.78 is 40.6. The van der Waals surface area contributed by atoms with E-state index in [4.69, 9.17) is 0 Å². The second-order valence-electron chi connectivity index (χ2n) is 7.11. The van der Waals surface area contributed by atoms with Crippen LogP contribution in [0.2, 0.25) is 0 Å². The average molecular weight is 450 g/mol. The molecular formula is C19H17F3N6O2S. The first kappa shape index (κ1) is 21.1. The minimum atomic E-state index is -4.56. The van der Waals surface area contributed by atoms with Gasteiger partial charge in [0.05, 0.1) is 22.2 Å². The number of halogens is 3. The monoisotopic (exact) mass is 450 g/mol. The molecular weight excluding hydrogens is 433 g/mol. The van der Waals surface area contributed by atoms with Gasteiger partial charge in [0.25, 0.3) is 5.78 Å². The summed E-state index contributed by atoms with van der Waals surface area (Å²) in [4.78, 5) is 34.9. The fraction of sp³-hybridized carbons (Fsp3) is 0.316. The van der Waals surface area contributed by atoms with Crippen LogP contribution in [0.5, 0.6) is 0 Å². The van der Waals surface area contributed by atoms with E-state index in [1.165, 1.54) is 11.0 Å². The predicted molar refractivity (Wildman–Crippen MR) is 108 cm³/mol. The molecule has 1 atom stereocenters. The lowest BCUT2D eigenvalue weighted by Crippen LogP contribution is -2.45. The van der Waals surface area contributed by atoms with Crippen molar-refractivity contribution in [2.45, 2.75) is 37.4 Å². The largest absolute Gasteiger partial charge is 0.416 e. The van der Waals surface area contributed by atoms with Crippen molar-refractivity contribution in [2.24, 2.45) is 0 Å². The second-order valence-corrected chi connectivity index (χ2v) is 8.42. The molecule has 162 valence electrons. The number of hydrogen-bond donors (Lipinski definition) is 1. The molecule has 2 amide bonds. The summed E-state index contributed by atoms with van der Waals surface area (Å²) in [5.41, 5.74) is 0.865. The number of carbonyl (C=O) groups excluding carboxylic acids is 2. The Morgan fingerprint density at radius 1 is 1.23 bits per heavy atom. The zero-order chi connectivity index (χ0) is 22.5. The Kier molecular flexibility index (Phi) is 5.12. The van der Waals surface area contributed by atoms with E-state index in [-0.39, 0.29) is 17.9 Å². The van der Waals surface area contributed by atoms with E-state index in [1.807, 2.05) is 19.9 Å². The van der Waals surface area contributed by atoms with Gasteiger partial charge in [0.1, 0.15) is 6.54 Å². The summed E-state index contributed by atoms with van der Waals surface area (Å²) in [5.74, 6) is -0.610. The van der Waals surface area contributed by atoms with Gasteiger partial charge >= 0.3 is 6.18 Å². The van der Waals surface area contributed by atoms with Crippen LogP contribution in [0.15, 0.2) is 29.4 Å². The van der Waals surface area contributed by atoms with Crippen molar-refractivity contribution in [3.63, 3.8) is 0 Å². The Bertz CT molecular complexity index is 1210. The van der Waals surface area contributed by atoms with Crippen LogP contribution in [-0.4, -0.2) is 43.2 Å². The molecule has 0 saturated carbocycles. The zero-order valence-electron chi connectivity index (χ0n) is 16.7. The first-order valence-corrected chi connectivity index (χ1v) is 10.1. The van der Waals surface area contributed by atoms with Gasteiger partial charge in [-0.15, -0.1) is 5.10 Å². The maximum atomic E-state index is 13.1. The molecule has 0 radical (unpaired) electrons. The first-order chi connectivity index (χ1) is 14.5. The van der Waals surface area contributed by atoms with Crippen molar-refractivity contribution in [3.05, 3.63) is 41.2 Å². The summed E-state index contributed by atoms with van der Waals surface area (Å²) in [6, 6.07) is 4.75. The normalized spacial score (nSPS) is 15.0. The molecule has 3 heterocycles. The van der Waals surface area contributed by atoms with Gasteiger partial charge in [-0.1, -0.05) is 11.8 Å². The van der Waals surface area contributed by atoms with Gasteiger partial charge in [-0.3, -0.25) is 14.5 Å². The molecule has 0 spiro atoms. The van der Waals surface area contributed by atoms with Crippen LogP contribution in [0.25, 0.3) is 5.78 Å². The lowest BCUT2D eigenvalue weighted by Gasteiger charge is -2.31. The van der Waals surface area contributed by atoms with E-state index in [1.54, 1.807) is 11.4 Å². The van der Waals surface area contributed by atoms with Crippen LogP contribution in [0.1, 0.15) is 23.9 Å². The van der Waals surface area contributed by atoms with Crippen LogP contribution < -0.4 is 10.2 Å². The summed E-state index contributed by atoms with van der Waals surface area (Å²) in [5, 5.41) is 6.38. The highest BCUT2D eigenvalue weighted by Crippen LogP contribution is 2.37. The number of fused-ring (bicyclic) bond motifs is 2. The first-order valence-electron chi connectivity index (χ1n) is 9.23. The standard InChI is InChI=1S/C19H17F3N6O2S/c1-9-6-10(2)28-17(23-9)25-18(26-28)31-11(3)16(30)27-8-15(29)24-13-7-12(19(20,21)22)4-5-14(13)27/h4-7,11H,8H2,1-3H3,(H,24,29). The Hall–Kier alpha value is -3.15. The number of rotatable bonds is 3. The van der Waals surface area contributed by atoms with Crippen LogP contribution >= 0.6 is 11.8 Å². The van der Waals surface area contributed by atoms with E-state index in [0.29, 0.717) is 10.9 Å². The van der Waals surface area contributed by atoms with E-state index in [2.05, 4.69) is 20.4 Å². The predicted octanol–water partition coefficient (Wildman–Crippen LogP) is 3.23. The highest BCUT2D eigenvalue weighted by Gasteiger charge is 2.35. The van der Waals surface area contributed by atoms with Gasteiger partial charge in [0.15, 0.2) is 0 Å². The number of nitrogens with one attached hydrogen (secondary N) is 1. The number of carbonyl (C=O) groups is 2. The van der Waals surface area contributed by atoms with Gasteiger partial charge in [-0.2, -0.15) is 18.2 Å². The zero-order valence-corrected chi connectivity index (χ0v) is 17.5. The molecule has 0 bridgehead atoms. The lowest BCUT2D eigenvalue weighted by molar-refractivity contribution is -0.137. The quantitative estimate of drug-likeness (QED) is 0.616. The van der Waals surface area contributed by atoms with Crippen molar-refractivity contribution >= 4 is 40.7 Å². The average Bonchev–Trinajstić information content (AvgIpc) is 3.08. The SMILES string of the molecule is Cc1cc(C)n2nc(SC(C)C(=O)N3CC(=O)Nc4cc(C(F)(F)F)ccc43)nc2n1. The van der Waals surface area contributed by atoms with Crippen molar-refractivity contribution in [1.82, 2.24) is 19.6 Å². The molecule has 8 nitrogen and oxygen atoms in total. The number of benzene rings is 1. The Morgan fingerprint density at radius 2 is 1.97 bits per heavy atom. The number of nitrogens with zero attached hydrogens (tertiary/aromatic N) is 5. The third-order valence-corrected chi connectivity index (χ3v) is 5.62. The number of aryl methyl sites for hydroxylation is 2. The minimum Gasteiger partial charge on any atom is -0.323 e. The summed E-state index contributed by atoms with van der Waals surface area (Å²) in [6.45, 7) is 5.03. The number of aromatic nitrogens is 4. The molecule has 1 unspecified atom stereocenters. The number of thioether (sulfide) groups is 1. The molecule has 0 saturated heterocycles. The summed E-state index contributed by atoms with van der Waals surface area (Å²) in [7, 11) is 0. The molecule has 12 heteroatoms. The van der Waals surface area contributed by atoms with Crippen molar-refractivity contribution in [1.29, 1.82) is 0 Å². The number of alkyl halides is 3. The van der Waals surface area contributed by atoms with Crippen LogP contribution in [0.4, 0.5) is 24.5 Å². The Balaban J connectivity index is 1.59. The van der Waals surface area contributed by atoms with Gasteiger partial charge in [0.2, 0.25) is 17.0 Å². The maximum Gasteiger partial charge on any atom is 0.416 e. The van der Waals surface area contributed by atoms with Crippen LogP contribution in [-0.2, 0) is 15.8 Å². The highest BCUT2D eigenvalue weighted by atomic mass is 32.2. The van der Waals surface area contributed by atoms with Crippen molar-refractivity contribution < 1.29 is 22.8 Å². The van der Waals surface area contributed by atoms with Crippen molar-refractivity contribution in [3.8, 4) is 0 Å². The van der Waals surface area contributed by atoms with Gasteiger partial charge < -0.3 is 5.32 Å². The number of hydrogen-bond acceptors (Lipinski definition) is 6. The summed E-state index contributed by atoms with van der Waals surface area (Å²) in [6.07, 6.45) is -4.56. The van der Waals surface area contributed by atoms with Gasteiger partial charge in [-0.25, -0.2) is 9.50 Å². The molecule has 1 aliphatic rings. The minimum absolute atomic E-state index is 0.0576. The van der Waals surface area contributed by atoms with E-state index < -0.39 is 28.8 Å². The molecule has 2 aromatic heterocycles. The smallest absolute Gasteiger partial charge is 0.323 e. The summed E-state index contributed by atoms with van der Waals surface area (Å²) >= 11 is 1.08.